The number of thioether (sulfide) groups is 1. The van der Waals surface area contributed by atoms with Crippen LogP contribution in [0.1, 0.15) is 22.8 Å². The lowest BCUT2D eigenvalue weighted by atomic mass is 9.68. The molecule has 0 spiro atoms. The van der Waals surface area contributed by atoms with Crippen molar-refractivity contribution in [3.63, 3.8) is 0 Å². The summed E-state index contributed by atoms with van der Waals surface area (Å²) in [7, 11) is 0. The van der Waals surface area contributed by atoms with Gasteiger partial charge in [-0.15, -0.1) is 11.8 Å². The summed E-state index contributed by atoms with van der Waals surface area (Å²) in [6, 6.07) is 13.3. The predicted molar refractivity (Wildman–Crippen MR) is 122 cm³/mol. The van der Waals surface area contributed by atoms with E-state index in [1.807, 2.05) is 42.6 Å². The largest absolute Gasteiger partial charge is 0.307 e. The van der Waals surface area contributed by atoms with E-state index in [9.17, 15) is 14.4 Å². The highest BCUT2D eigenvalue weighted by molar-refractivity contribution is 8.00. The normalized spacial score (nSPS) is 34.5. The molecule has 3 fully saturated rings. The molecule has 160 valence electrons. The van der Waals surface area contributed by atoms with Crippen molar-refractivity contribution < 1.29 is 9.59 Å². The molecule has 2 aromatic heterocycles. The number of nitrogens with one attached hydrogen (secondary N) is 1. The van der Waals surface area contributed by atoms with Crippen LogP contribution in [0, 0.1) is 29.6 Å². The average molecular weight is 462 g/mol. The summed E-state index contributed by atoms with van der Waals surface area (Å²) in [4.78, 5) is 49.1. The highest BCUT2D eigenvalue weighted by Gasteiger charge is 2.69. The minimum atomic E-state index is -0.272. The predicted octanol–water partition coefficient (Wildman–Crippen LogP) is 3.51. The van der Waals surface area contributed by atoms with Gasteiger partial charge in [0.05, 0.1) is 22.5 Å². The van der Waals surface area contributed by atoms with Crippen LogP contribution < -0.4 is 9.77 Å². The van der Waals surface area contributed by atoms with Gasteiger partial charge in [-0.2, -0.15) is 0 Å². The Bertz CT molecular complexity index is 1300. The van der Waals surface area contributed by atoms with Crippen molar-refractivity contribution in [2.45, 2.75) is 22.6 Å². The fourth-order valence-corrected chi connectivity index (χ4v) is 9.67. The van der Waals surface area contributed by atoms with Crippen LogP contribution in [0.4, 0.5) is 5.69 Å². The zero-order chi connectivity index (χ0) is 21.6. The Hall–Kier alpha value is -2.71. The van der Waals surface area contributed by atoms with Gasteiger partial charge in [0.1, 0.15) is 0 Å². The highest BCUT2D eigenvalue weighted by atomic mass is 32.2. The molecule has 2 bridgehead atoms. The minimum absolute atomic E-state index is 0.0264. The van der Waals surface area contributed by atoms with Crippen molar-refractivity contribution in [3.8, 4) is 0 Å². The summed E-state index contributed by atoms with van der Waals surface area (Å²) < 4.78 is 0. The Morgan fingerprint density at radius 1 is 0.969 bits per heavy atom. The zero-order valence-electron chi connectivity index (χ0n) is 16.9. The molecular formula is C24H19N3O3S2. The zero-order valence-corrected chi connectivity index (χ0v) is 18.5. The third kappa shape index (κ3) is 2.37. The second-order valence-corrected chi connectivity index (χ2v) is 11.3. The Balaban J connectivity index is 1.34. The monoisotopic (exact) mass is 461 g/mol. The molecule has 7 rings (SSSR count). The van der Waals surface area contributed by atoms with Crippen molar-refractivity contribution in [1.82, 2.24) is 9.97 Å². The number of anilines is 1. The molecule has 0 radical (unpaired) electrons. The van der Waals surface area contributed by atoms with Crippen molar-refractivity contribution in [3.05, 3.63) is 75.0 Å². The van der Waals surface area contributed by atoms with E-state index in [4.69, 9.17) is 0 Å². The topological polar surface area (TPSA) is 83.1 Å². The number of para-hydroxylation sites is 1. The van der Waals surface area contributed by atoms with Crippen molar-refractivity contribution in [2.24, 2.45) is 29.6 Å². The number of hydrogen-bond acceptors (Lipinski definition) is 6. The third-order valence-corrected chi connectivity index (χ3v) is 10.4. The molecule has 2 aliphatic carbocycles. The summed E-state index contributed by atoms with van der Waals surface area (Å²) in [5.41, 5.74) is 1.75. The Kier molecular flexibility index (Phi) is 3.91. The molecule has 1 aromatic carbocycles. The maximum atomic E-state index is 13.6. The minimum Gasteiger partial charge on any atom is -0.307 e. The smallest absolute Gasteiger partial charge is 0.305 e. The van der Waals surface area contributed by atoms with Gasteiger partial charge in [-0.3, -0.25) is 24.3 Å². The number of hydrogen-bond donors (Lipinski definition) is 1. The van der Waals surface area contributed by atoms with E-state index in [0.717, 1.165) is 21.9 Å². The Morgan fingerprint density at radius 3 is 2.50 bits per heavy atom. The van der Waals surface area contributed by atoms with Crippen LogP contribution in [0.3, 0.4) is 0 Å². The fraction of sp³-hybridized carbons (Fsp3) is 0.333. The summed E-state index contributed by atoms with van der Waals surface area (Å²) in [6.45, 7) is 0. The lowest BCUT2D eigenvalue weighted by Crippen LogP contribution is -2.42. The van der Waals surface area contributed by atoms with Crippen LogP contribution >= 0.6 is 23.1 Å². The number of nitrogens with zero attached hydrogens (tertiary/aromatic N) is 2. The molecule has 8 heteroatoms. The average Bonchev–Trinajstić information content (AvgIpc) is 3.53. The van der Waals surface area contributed by atoms with Gasteiger partial charge in [0.25, 0.3) is 0 Å². The molecule has 0 unspecified atom stereocenters. The number of pyridine rings is 1. The van der Waals surface area contributed by atoms with E-state index >= 15 is 0 Å². The first-order valence-corrected chi connectivity index (χ1v) is 12.6. The van der Waals surface area contributed by atoms with Crippen LogP contribution in [-0.2, 0) is 9.59 Å². The first-order valence-electron chi connectivity index (χ1n) is 10.9. The van der Waals surface area contributed by atoms with Gasteiger partial charge in [-0.25, -0.2) is 0 Å². The van der Waals surface area contributed by atoms with Gasteiger partial charge in [0, 0.05) is 28.4 Å². The molecule has 7 atom stereocenters. The second kappa shape index (κ2) is 6.65. The van der Waals surface area contributed by atoms with E-state index in [1.54, 1.807) is 18.0 Å². The van der Waals surface area contributed by atoms with Crippen LogP contribution in [0.25, 0.3) is 0 Å². The molecule has 2 saturated carbocycles. The summed E-state index contributed by atoms with van der Waals surface area (Å²) in [5, 5.41) is 1.13. The van der Waals surface area contributed by atoms with Crippen molar-refractivity contribution >= 4 is 40.6 Å². The second-order valence-electron chi connectivity index (χ2n) is 9.09. The molecular weight excluding hydrogens is 442 g/mol. The van der Waals surface area contributed by atoms with E-state index < -0.39 is 0 Å². The lowest BCUT2D eigenvalue weighted by Gasteiger charge is -2.42. The Morgan fingerprint density at radius 2 is 1.75 bits per heavy atom. The van der Waals surface area contributed by atoms with Crippen molar-refractivity contribution in [1.29, 1.82) is 0 Å². The van der Waals surface area contributed by atoms with E-state index in [-0.39, 0.29) is 57.4 Å². The van der Waals surface area contributed by atoms with E-state index in [1.165, 1.54) is 16.2 Å². The summed E-state index contributed by atoms with van der Waals surface area (Å²) in [6.07, 6.45) is 4.54. The quantitative estimate of drug-likeness (QED) is 0.591. The molecule has 32 heavy (non-hydrogen) atoms. The number of imide groups is 1. The van der Waals surface area contributed by atoms with Gasteiger partial charge >= 0.3 is 4.87 Å². The first-order chi connectivity index (χ1) is 15.6. The maximum Gasteiger partial charge on any atom is 0.305 e. The number of carbonyl (C=O) groups is 2. The molecule has 2 aliphatic heterocycles. The van der Waals surface area contributed by atoms with E-state index in [2.05, 4.69) is 16.0 Å². The standard InChI is InChI=1S/C24H19N3O3S2/c28-22-17-13-9-14(18(17)23(29)27(22)12-6-2-1-3-7-12)19-16(13)15(11-5-4-8-25-10-11)20-21(31-19)26-24(30)32-20/h1-8,10,13-19H,9H2,(H,26,30)/t13-,14-,15+,16+,17+,18+,19-/m1/s1. The van der Waals surface area contributed by atoms with Gasteiger partial charge < -0.3 is 4.98 Å². The molecule has 4 aliphatic rings. The fourth-order valence-electron chi connectivity index (χ4n) is 6.78. The number of H-pyrrole nitrogens is 1. The van der Waals surface area contributed by atoms with Crippen LogP contribution in [-0.4, -0.2) is 27.0 Å². The Labute approximate surface area is 192 Å². The lowest BCUT2D eigenvalue weighted by molar-refractivity contribution is -0.123. The number of carbonyl (C=O) groups excluding carboxylic acids is 2. The first kappa shape index (κ1) is 18.8. The van der Waals surface area contributed by atoms with Gasteiger partial charge in [0.2, 0.25) is 11.8 Å². The molecule has 1 saturated heterocycles. The SMILES string of the molecule is O=C1[C@H]2[C@H]3C[C@@H]([C@@H]2C(=O)N1c1ccccc1)[C@H]1[C@H](c2cccnc2)c2sc(=O)[nH]c2S[C@H]31. The molecule has 6 nitrogen and oxygen atoms in total. The molecule has 2 amide bonds. The van der Waals surface area contributed by atoms with Crippen LogP contribution in [0.2, 0.25) is 0 Å². The van der Waals surface area contributed by atoms with Crippen LogP contribution in [0.5, 0.6) is 0 Å². The van der Waals surface area contributed by atoms with E-state index in [0.29, 0.717) is 5.69 Å². The van der Waals surface area contributed by atoms with Gasteiger partial charge in [0.15, 0.2) is 0 Å². The van der Waals surface area contributed by atoms with Crippen molar-refractivity contribution in [2.75, 3.05) is 4.90 Å². The number of fused-ring (bicyclic) bond motifs is 9. The molecule has 4 heterocycles. The summed E-state index contributed by atoms with van der Waals surface area (Å²) in [5.74, 6) is -0.140. The van der Waals surface area contributed by atoms with Gasteiger partial charge in [-0.05, 0) is 47.9 Å². The highest BCUT2D eigenvalue weighted by Crippen LogP contribution is 2.68. The molecule has 3 aromatic rings. The number of benzene rings is 1. The van der Waals surface area contributed by atoms with Gasteiger partial charge in [-0.1, -0.05) is 35.6 Å². The van der Waals surface area contributed by atoms with Crippen LogP contribution in [0.15, 0.2) is 64.7 Å². The maximum absolute atomic E-state index is 13.6. The number of aromatic amines is 1. The molecule has 1 N–H and O–H groups in total. The number of rotatable bonds is 2. The summed E-state index contributed by atoms with van der Waals surface area (Å²) >= 11 is 2.98. The number of amides is 2. The number of aromatic nitrogens is 2. The number of thiazole rings is 1. The third-order valence-electron chi connectivity index (χ3n) is 7.78.